The Kier molecular flexibility index (Phi) is 3.58. The molecule has 0 atom stereocenters. The van der Waals surface area contributed by atoms with Gasteiger partial charge in [-0.1, -0.05) is 5.16 Å². The molecule has 0 bridgehead atoms. The second kappa shape index (κ2) is 4.71. The predicted molar refractivity (Wildman–Crippen MR) is 46.4 cm³/mol. The SMILES string of the molecule is Cc1noc(=O)n1C/C(F)=C/CCO. The number of aliphatic hydroxyl groups is 1. The quantitative estimate of drug-likeness (QED) is 0.766. The average Bonchev–Trinajstić information content (AvgIpc) is 2.46. The van der Waals surface area contributed by atoms with E-state index in [1.54, 1.807) is 6.92 Å². The molecule has 1 heterocycles. The first-order valence-electron chi connectivity index (χ1n) is 4.13. The molecule has 0 fully saturated rings. The molecule has 14 heavy (non-hydrogen) atoms. The van der Waals surface area contributed by atoms with Gasteiger partial charge in [-0.3, -0.25) is 9.09 Å². The number of aryl methyl sites for hydroxylation is 1. The van der Waals surface area contributed by atoms with Crippen LogP contribution < -0.4 is 5.76 Å². The lowest BCUT2D eigenvalue weighted by molar-refractivity contribution is 0.301. The van der Waals surface area contributed by atoms with Crippen molar-refractivity contribution in [3.63, 3.8) is 0 Å². The summed E-state index contributed by atoms with van der Waals surface area (Å²) in [6.45, 7) is 1.23. The fraction of sp³-hybridized carbons (Fsp3) is 0.500. The van der Waals surface area contributed by atoms with Crippen LogP contribution in [0.5, 0.6) is 0 Å². The van der Waals surface area contributed by atoms with Gasteiger partial charge in [0.25, 0.3) is 0 Å². The standard InChI is InChI=1S/C8H11FN2O3/c1-6-10-14-8(13)11(6)5-7(9)3-2-4-12/h3,12H,2,4-5H2,1H3/b7-3-. The first-order valence-corrected chi connectivity index (χ1v) is 4.13. The van der Waals surface area contributed by atoms with Crippen LogP contribution in [-0.4, -0.2) is 21.4 Å². The monoisotopic (exact) mass is 202 g/mol. The maximum absolute atomic E-state index is 13.0. The van der Waals surface area contributed by atoms with Gasteiger partial charge in [0.15, 0.2) is 5.82 Å². The van der Waals surface area contributed by atoms with Crippen molar-refractivity contribution in [1.29, 1.82) is 0 Å². The van der Waals surface area contributed by atoms with Gasteiger partial charge in [-0.15, -0.1) is 0 Å². The summed E-state index contributed by atoms with van der Waals surface area (Å²) in [6.07, 6.45) is 1.45. The van der Waals surface area contributed by atoms with E-state index in [0.717, 1.165) is 4.57 Å². The zero-order valence-electron chi connectivity index (χ0n) is 7.73. The van der Waals surface area contributed by atoms with Crippen LogP contribution >= 0.6 is 0 Å². The second-order valence-corrected chi connectivity index (χ2v) is 2.75. The van der Waals surface area contributed by atoms with Crippen LogP contribution in [0.15, 0.2) is 21.2 Å². The Balaban J connectivity index is 2.74. The van der Waals surface area contributed by atoms with Crippen molar-refractivity contribution in [1.82, 2.24) is 9.72 Å². The molecule has 78 valence electrons. The molecule has 5 nitrogen and oxygen atoms in total. The van der Waals surface area contributed by atoms with Crippen molar-refractivity contribution in [3.8, 4) is 0 Å². The molecule has 0 unspecified atom stereocenters. The molecule has 0 saturated carbocycles. The third-order valence-electron chi connectivity index (χ3n) is 1.67. The second-order valence-electron chi connectivity index (χ2n) is 2.75. The third-order valence-corrected chi connectivity index (χ3v) is 1.67. The number of halogens is 1. The highest BCUT2D eigenvalue weighted by molar-refractivity contribution is 4.94. The van der Waals surface area contributed by atoms with Crippen LogP contribution in [0, 0.1) is 6.92 Å². The van der Waals surface area contributed by atoms with E-state index < -0.39 is 11.6 Å². The predicted octanol–water partition coefficient (Wildman–Crippen LogP) is 0.381. The van der Waals surface area contributed by atoms with Crippen LogP contribution in [0.1, 0.15) is 12.2 Å². The minimum absolute atomic E-state index is 0.120. The highest BCUT2D eigenvalue weighted by atomic mass is 19.1. The van der Waals surface area contributed by atoms with Crippen LogP contribution in [0.4, 0.5) is 4.39 Å². The van der Waals surface area contributed by atoms with Crippen molar-refractivity contribution in [2.75, 3.05) is 6.61 Å². The number of nitrogens with zero attached hydrogens (tertiary/aromatic N) is 2. The topological polar surface area (TPSA) is 68.3 Å². The number of rotatable bonds is 4. The molecule has 0 spiro atoms. The van der Waals surface area contributed by atoms with E-state index >= 15 is 0 Å². The van der Waals surface area contributed by atoms with Crippen molar-refractivity contribution >= 4 is 0 Å². The van der Waals surface area contributed by atoms with Gasteiger partial charge in [-0.05, 0) is 19.4 Å². The van der Waals surface area contributed by atoms with Crippen molar-refractivity contribution in [2.24, 2.45) is 0 Å². The van der Waals surface area contributed by atoms with Crippen LogP contribution in [0.3, 0.4) is 0 Å². The fourth-order valence-electron chi connectivity index (χ4n) is 0.952. The van der Waals surface area contributed by atoms with E-state index in [2.05, 4.69) is 9.68 Å². The van der Waals surface area contributed by atoms with Crippen molar-refractivity contribution in [2.45, 2.75) is 19.9 Å². The lowest BCUT2D eigenvalue weighted by Gasteiger charge is -1.98. The molecule has 1 aromatic heterocycles. The summed E-state index contributed by atoms with van der Waals surface area (Å²) in [4.78, 5) is 10.9. The number of allylic oxidation sites excluding steroid dienone is 1. The summed E-state index contributed by atoms with van der Waals surface area (Å²) < 4.78 is 18.4. The Morgan fingerprint density at radius 1 is 1.79 bits per heavy atom. The Morgan fingerprint density at radius 2 is 2.50 bits per heavy atom. The Hall–Kier alpha value is -1.43. The molecular formula is C8H11FN2O3. The number of aromatic nitrogens is 2. The molecule has 0 aliphatic rings. The Labute approximate surface area is 79.4 Å². The van der Waals surface area contributed by atoms with E-state index in [4.69, 9.17) is 5.11 Å². The van der Waals surface area contributed by atoms with E-state index in [9.17, 15) is 9.18 Å². The molecule has 1 rings (SSSR count). The molecule has 1 aromatic rings. The molecule has 0 amide bonds. The third kappa shape index (κ3) is 2.53. The minimum Gasteiger partial charge on any atom is -0.396 e. The average molecular weight is 202 g/mol. The number of aliphatic hydroxyl groups excluding tert-OH is 1. The molecule has 0 aromatic carbocycles. The fourth-order valence-corrected chi connectivity index (χ4v) is 0.952. The van der Waals surface area contributed by atoms with Crippen LogP contribution in [0.2, 0.25) is 0 Å². The largest absolute Gasteiger partial charge is 0.441 e. The van der Waals surface area contributed by atoms with E-state index in [-0.39, 0.29) is 19.6 Å². The van der Waals surface area contributed by atoms with Gasteiger partial charge < -0.3 is 5.11 Å². The normalized spacial score (nSPS) is 12.1. The lowest BCUT2D eigenvalue weighted by Crippen LogP contribution is -2.16. The molecule has 1 N–H and O–H groups in total. The maximum atomic E-state index is 13.0. The van der Waals surface area contributed by atoms with Gasteiger partial charge in [0.1, 0.15) is 5.83 Å². The van der Waals surface area contributed by atoms with Gasteiger partial charge in [-0.25, -0.2) is 9.18 Å². The lowest BCUT2D eigenvalue weighted by atomic mass is 10.3. The van der Waals surface area contributed by atoms with Crippen LogP contribution in [0.25, 0.3) is 0 Å². The summed E-state index contributed by atoms with van der Waals surface area (Å²) in [5.41, 5.74) is 0. The summed E-state index contributed by atoms with van der Waals surface area (Å²) in [5, 5.41) is 11.8. The Bertz CT molecular complexity index is 380. The Morgan fingerprint density at radius 3 is 3.00 bits per heavy atom. The summed E-state index contributed by atoms with van der Waals surface area (Å²) in [6, 6.07) is 0. The molecule has 0 saturated heterocycles. The zero-order valence-corrected chi connectivity index (χ0v) is 7.73. The van der Waals surface area contributed by atoms with Gasteiger partial charge in [0.2, 0.25) is 0 Å². The molecule has 6 heteroatoms. The first kappa shape index (κ1) is 10.6. The molecule has 0 aliphatic heterocycles. The highest BCUT2D eigenvalue weighted by Gasteiger charge is 2.07. The number of hydrogen-bond donors (Lipinski definition) is 1. The van der Waals surface area contributed by atoms with Crippen molar-refractivity contribution in [3.05, 3.63) is 28.3 Å². The minimum atomic E-state index is -0.685. The van der Waals surface area contributed by atoms with E-state index in [1.165, 1.54) is 6.08 Å². The van der Waals surface area contributed by atoms with E-state index in [0.29, 0.717) is 5.82 Å². The first-order chi connectivity index (χ1) is 6.65. The van der Waals surface area contributed by atoms with E-state index in [1.807, 2.05) is 0 Å². The highest BCUT2D eigenvalue weighted by Crippen LogP contribution is 2.02. The molecule has 0 radical (unpaired) electrons. The van der Waals surface area contributed by atoms with Crippen LogP contribution in [-0.2, 0) is 6.54 Å². The van der Waals surface area contributed by atoms with Crippen molar-refractivity contribution < 1.29 is 14.0 Å². The summed E-state index contributed by atoms with van der Waals surface area (Å²) in [7, 11) is 0. The van der Waals surface area contributed by atoms with Gasteiger partial charge in [-0.2, -0.15) is 0 Å². The molecule has 0 aliphatic carbocycles. The smallest absolute Gasteiger partial charge is 0.396 e. The van der Waals surface area contributed by atoms with Gasteiger partial charge in [0, 0.05) is 6.61 Å². The summed E-state index contributed by atoms with van der Waals surface area (Å²) >= 11 is 0. The summed E-state index contributed by atoms with van der Waals surface area (Å²) in [5.74, 6) is -0.856. The van der Waals surface area contributed by atoms with Gasteiger partial charge in [0.05, 0.1) is 6.54 Å². The number of hydrogen-bond acceptors (Lipinski definition) is 4. The zero-order chi connectivity index (χ0) is 10.6. The molecular weight excluding hydrogens is 191 g/mol. The van der Waals surface area contributed by atoms with Gasteiger partial charge >= 0.3 is 5.76 Å². The maximum Gasteiger partial charge on any atom is 0.441 e.